The summed E-state index contributed by atoms with van der Waals surface area (Å²) in [5, 5.41) is 3.09. The highest BCUT2D eigenvalue weighted by Gasteiger charge is 2.30. The van der Waals surface area contributed by atoms with Crippen LogP contribution in [0.1, 0.15) is 30.1 Å². The smallest absolute Gasteiger partial charge is 0.338 e. The summed E-state index contributed by atoms with van der Waals surface area (Å²) in [6.45, 7) is 3.39. The fourth-order valence-corrected chi connectivity index (χ4v) is 4.36. The molecule has 0 radical (unpaired) electrons. The summed E-state index contributed by atoms with van der Waals surface area (Å²) in [7, 11) is -1.96. The summed E-state index contributed by atoms with van der Waals surface area (Å²) >= 11 is 0. The lowest BCUT2D eigenvalue weighted by Crippen LogP contribution is -2.40. The number of benzene rings is 1. The summed E-state index contributed by atoms with van der Waals surface area (Å²) in [4.78, 5) is 11.6. The molecule has 0 bridgehead atoms. The molecule has 0 spiro atoms. The number of sulfonamides is 1. The van der Waals surface area contributed by atoms with E-state index in [4.69, 9.17) is 4.74 Å². The van der Waals surface area contributed by atoms with Crippen LogP contribution in [-0.4, -0.2) is 52.0 Å². The van der Waals surface area contributed by atoms with Crippen molar-refractivity contribution in [3.8, 4) is 0 Å². The van der Waals surface area contributed by atoms with Crippen molar-refractivity contribution >= 4 is 16.0 Å². The molecule has 6 nitrogen and oxygen atoms in total. The van der Waals surface area contributed by atoms with E-state index in [-0.39, 0.29) is 17.1 Å². The maximum atomic E-state index is 13.8. The van der Waals surface area contributed by atoms with Gasteiger partial charge in [0.2, 0.25) is 10.0 Å². The normalized spacial score (nSPS) is 17.0. The van der Waals surface area contributed by atoms with Gasteiger partial charge in [-0.3, -0.25) is 0 Å². The van der Waals surface area contributed by atoms with E-state index in [1.54, 1.807) is 6.92 Å². The lowest BCUT2D eigenvalue weighted by molar-refractivity contribution is 0.0525. The van der Waals surface area contributed by atoms with Crippen LogP contribution in [0.5, 0.6) is 0 Å². The first-order valence-electron chi connectivity index (χ1n) is 8.01. The third-order valence-electron chi connectivity index (χ3n) is 4.09. The number of esters is 1. The molecule has 1 aliphatic heterocycles. The van der Waals surface area contributed by atoms with Gasteiger partial charge in [-0.25, -0.2) is 17.6 Å². The predicted molar refractivity (Wildman–Crippen MR) is 87.8 cm³/mol. The van der Waals surface area contributed by atoms with Crippen LogP contribution in [0.25, 0.3) is 0 Å². The Morgan fingerprint density at radius 3 is 2.58 bits per heavy atom. The highest BCUT2D eigenvalue weighted by molar-refractivity contribution is 7.89. The van der Waals surface area contributed by atoms with E-state index in [9.17, 15) is 17.6 Å². The van der Waals surface area contributed by atoms with Gasteiger partial charge in [0.15, 0.2) is 0 Å². The zero-order valence-electron chi connectivity index (χ0n) is 13.9. The number of hydrogen-bond donors (Lipinski definition) is 1. The van der Waals surface area contributed by atoms with Gasteiger partial charge < -0.3 is 10.1 Å². The minimum atomic E-state index is -3.83. The molecule has 24 heavy (non-hydrogen) atoms. The molecule has 8 heteroatoms. The molecule has 0 saturated carbocycles. The molecule has 1 saturated heterocycles. The van der Waals surface area contributed by atoms with Gasteiger partial charge in [-0.1, -0.05) is 0 Å². The molecule has 0 aliphatic carbocycles. The van der Waals surface area contributed by atoms with Gasteiger partial charge >= 0.3 is 5.97 Å². The molecule has 0 amide bonds. The Kier molecular flexibility index (Phi) is 6.31. The molecule has 134 valence electrons. The van der Waals surface area contributed by atoms with Gasteiger partial charge in [0, 0.05) is 13.1 Å². The fourth-order valence-electron chi connectivity index (χ4n) is 2.84. The summed E-state index contributed by atoms with van der Waals surface area (Å²) in [6.07, 6.45) is 1.50. The summed E-state index contributed by atoms with van der Waals surface area (Å²) < 4.78 is 45.4. The first kappa shape index (κ1) is 18.8. The van der Waals surface area contributed by atoms with Crippen molar-refractivity contribution in [3.05, 3.63) is 29.6 Å². The van der Waals surface area contributed by atoms with Crippen LogP contribution in [0.4, 0.5) is 4.39 Å². The molecule has 0 unspecified atom stereocenters. The molecule has 1 aromatic rings. The topological polar surface area (TPSA) is 75.7 Å². The number of nitrogens with one attached hydrogen (secondary N) is 1. The van der Waals surface area contributed by atoms with Gasteiger partial charge in [0.1, 0.15) is 5.82 Å². The Hall–Kier alpha value is -1.51. The van der Waals surface area contributed by atoms with Crippen LogP contribution in [0, 0.1) is 11.7 Å². The van der Waals surface area contributed by atoms with Gasteiger partial charge in [0.05, 0.1) is 17.1 Å². The Morgan fingerprint density at radius 2 is 2.00 bits per heavy atom. The molecule has 0 atom stereocenters. The average Bonchev–Trinajstić information content (AvgIpc) is 2.55. The zero-order chi connectivity index (χ0) is 17.7. The second kappa shape index (κ2) is 8.04. The maximum absolute atomic E-state index is 13.8. The average molecular weight is 358 g/mol. The van der Waals surface area contributed by atoms with Crippen LogP contribution < -0.4 is 5.32 Å². The van der Waals surface area contributed by atoms with Gasteiger partial charge in [-0.05, 0) is 57.5 Å². The Morgan fingerprint density at radius 1 is 1.33 bits per heavy atom. The molecule has 1 aliphatic rings. The van der Waals surface area contributed by atoms with Crippen LogP contribution in [0.15, 0.2) is 23.1 Å². The molecule has 2 rings (SSSR count). The third kappa shape index (κ3) is 4.31. The predicted octanol–water partition coefficient (Wildman–Crippen LogP) is 1.62. The number of ether oxygens (including phenoxy) is 1. The first-order chi connectivity index (χ1) is 11.4. The lowest BCUT2D eigenvalue weighted by atomic mass is 9.98. The van der Waals surface area contributed by atoms with Crippen LogP contribution >= 0.6 is 0 Å². The van der Waals surface area contributed by atoms with E-state index in [0.29, 0.717) is 19.0 Å². The van der Waals surface area contributed by atoms with Crippen molar-refractivity contribution < 1.29 is 22.3 Å². The van der Waals surface area contributed by atoms with E-state index < -0.39 is 21.8 Å². The molecule has 1 heterocycles. The van der Waals surface area contributed by atoms with Crippen molar-refractivity contribution in [2.45, 2.75) is 24.7 Å². The lowest BCUT2D eigenvalue weighted by Gasteiger charge is -2.31. The van der Waals surface area contributed by atoms with Crippen molar-refractivity contribution in [2.75, 3.05) is 33.3 Å². The summed E-state index contributed by atoms with van der Waals surface area (Å²) in [6, 6.07) is 3.10. The monoisotopic (exact) mass is 358 g/mol. The van der Waals surface area contributed by atoms with E-state index in [1.807, 2.05) is 7.05 Å². The van der Waals surface area contributed by atoms with E-state index in [0.717, 1.165) is 31.5 Å². The van der Waals surface area contributed by atoms with Crippen LogP contribution in [-0.2, 0) is 14.8 Å². The molecule has 1 aromatic carbocycles. The second-order valence-electron chi connectivity index (χ2n) is 5.80. The minimum Gasteiger partial charge on any atom is -0.462 e. The standard InChI is InChI=1S/C16H23FN2O4S/c1-3-23-16(20)13-8-14(17)10-15(9-13)24(21,22)19-6-4-12(5-7-19)11-18-2/h8-10,12,18H,3-7,11H2,1-2H3. The Balaban J connectivity index is 2.22. The van der Waals surface area contributed by atoms with Gasteiger partial charge in [-0.15, -0.1) is 0 Å². The SMILES string of the molecule is CCOC(=O)c1cc(F)cc(S(=O)(=O)N2CCC(CNC)CC2)c1. The number of nitrogens with zero attached hydrogens (tertiary/aromatic N) is 1. The second-order valence-corrected chi connectivity index (χ2v) is 7.74. The fraction of sp³-hybridized carbons (Fsp3) is 0.562. The largest absolute Gasteiger partial charge is 0.462 e. The van der Waals surface area contributed by atoms with E-state index >= 15 is 0 Å². The van der Waals surface area contributed by atoms with Crippen molar-refractivity contribution in [2.24, 2.45) is 5.92 Å². The third-order valence-corrected chi connectivity index (χ3v) is 5.96. The van der Waals surface area contributed by atoms with Crippen molar-refractivity contribution in [1.82, 2.24) is 9.62 Å². The van der Waals surface area contributed by atoms with Gasteiger partial charge in [-0.2, -0.15) is 4.31 Å². The molecular formula is C16H23FN2O4S. The first-order valence-corrected chi connectivity index (χ1v) is 9.45. The minimum absolute atomic E-state index is 0.0968. The highest BCUT2D eigenvalue weighted by atomic mass is 32.2. The molecule has 1 fully saturated rings. The zero-order valence-corrected chi connectivity index (χ0v) is 14.7. The number of rotatable bonds is 6. The number of halogens is 1. The van der Waals surface area contributed by atoms with Crippen LogP contribution in [0.2, 0.25) is 0 Å². The Labute approximate surface area is 142 Å². The molecular weight excluding hydrogens is 335 g/mol. The maximum Gasteiger partial charge on any atom is 0.338 e. The highest BCUT2D eigenvalue weighted by Crippen LogP contribution is 2.25. The van der Waals surface area contributed by atoms with E-state index in [2.05, 4.69) is 5.32 Å². The quantitative estimate of drug-likeness (QED) is 0.782. The number of hydrogen-bond acceptors (Lipinski definition) is 5. The van der Waals surface area contributed by atoms with Gasteiger partial charge in [0.25, 0.3) is 0 Å². The number of carbonyl (C=O) groups excluding carboxylic acids is 1. The van der Waals surface area contributed by atoms with E-state index in [1.165, 1.54) is 10.4 Å². The molecule has 0 aromatic heterocycles. The van der Waals surface area contributed by atoms with Crippen molar-refractivity contribution in [3.63, 3.8) is 0 Å². The Bertz CT molecular complexity index is 685. The summed E-state index contributed by atoms with van der Waals surface area (Å²) in [5.74, 6) is -1.07. The number of piperidine rings is 1. The molecule has 1 N–H and O–H groups in total. The summed E-state index contributed by atoms with van der Waals surface area (Å²) in [5.41, 5.74) is -0.0968. The van der Waals surface area contributed by atoms with Crippen LogP contribution in [0.3, 0.4) is 0 Å². The number of carbonyl (C=O) groups is 1. The van der Waals surface area contributed by atoms with Crippen molar-refractivity contribution in [1.29, 1.82) is 0 Å².